The number of aromatic nitrogens is 1. The number of nitrogens with one attached hydrogen (secondary N) is 2. The number of morpholine rings is 1. The first kappa shape index (κ1) is 13.3. The molecule has 1 aromatic heterocycles. The third-order valence-corrected chi connectivity index (χ3v) is 3.52. The maximum atomic E-state index is 12.2. The Morgan fingerprint density at radius 3 is 3.15 bits per heavy atom. The minimum Gasteiger partial charge on any atom is -0.378 e. The highest BCUT2D eigenvalue weighted by atomic mass is 35.5. The van der Waals surface area contributed by atoms with Crippen molar-refractivity contribution in [3.63, 3.8) is 0 Å². The van der Waals surface area contributed by atoms with Crippen molar-refractivity contribution in [3.05, 3.63) is 35.5 Å². The lowest BCUT2D eigenvalue weighted by Gasteiger charge is -2.23. The van der Waals surface area contributed by atoms with Crippen molar-refractivity contribution < 1.29 is 9.53 Å². The molecule has 104 valence electrons. The first-order valence-corrected chi connectivity index (χ1v) is 6.79. The molecule has 2 N–H and O–H groups in total. The molecule has 0 radical (unpaired) electrons. The predicted molar refractivity (Wildman–Crippen MR) is 78.0 cm³/mol. The van der Waals surface area contributed by atoms with Gasteiger partial charge in [-0.2, -0.15) is 0 Å². The molecule has 2 aromatic rings. The van der Waals surface area contributed by atoms with E-state index in [4.69, 9.17) is 16.3 Å². The van der Waals surface area contributed by atoms with Crippen LogP contribution in [0.1, 0.15) is 0 Å². The van der Waals surface area contributed by atoms with Crippen molar-refractivity contribution in [1.29, 1.82) is 0 Å². The van der Waals surface area contributed by atoms with Crippen molar-refractivity contribution in [2.45, 2.75) is 6.04 Å². The van der Waals surface area contributed by atoms with E-state index < -0.39 is 0 Å². The molecule has 6 heteroatoms. The first-order valence-electron chi connectivity index (χ1n) is 6.41. The number of amides is 1. The van der Waals surface area contributed by atoms with Crippen LogP contribution in [0.25, 0.3) is 10.9 Å². The lowest BCUT2D eigenvalue weighted by atomic mass is 10.1. The maximum absolute atomic E-state index is 12.2. The summed E-state index contributed by atoms with van der Waals surface area (Å²) in [5, 5.41) is 7.41. The second-order valence-electron chi connectivity index (χ2n) is 4.57. The van der Waals surface area contributed by atoms with Gasteiger partial charge in [0.25, 0.3) is 0 Å². The summed E-state index contributed by atoms with van der Waals surface area (Å²) in [7, 11) is 0. The molecule has 1 amide bonds. The number of hydrogen-bond acceptors (Lipinski definition) is 4. The minimum absolute atomic E-state index is 0.114. The molecular weight excluding hydrogens is 278 g/mol. The SMILES string of the molecule is O=C(Nc1ccc(Cl)c2ncccc12)C1COCCN1. The van der Waals surface area contributed by atoms with Crippen LogP contribution in [0, 0.1) is 0 Å². The van der Waals surface area contributed by atoms with Crippen molar-refractivity contribution in [2.24, 2.45) is 0 Å². The average Bonchev–Trinajstić information content (AvgIpc) is 2.51. The predicted octanol–water partition coefficient (Wildman–Crippen LogP) is 1.82. The zero-order valence-electron chi connectivity index (χ0n) is 10.7. The Kier molecular flexibility index (Phi) is 3.82. The molecule has 1 saturated heterocycles. The normalized spacial score (nSPS) is 18.9. The monoisotopic (exact) mass is 291 g/mol. The van der Waals surface area contributed by atoms with Crippen LogP contribution in [-0.2, 0) is 9.53 Å². The topological polar surface area (TPSA) is 63.2 Å². The number of carbonyl (C=O) groups excluding carboxylic acids is 1. The van der Waals surface area contributed by atoms with Gasteiger partial charge >= 0.3 is 0 Å². The summed E-state index contributed by atoms with van der Waals surface area (Å²) in [6, 6.07) is 6.89. The number of pyridine rings is 1. The van der Waals surface area contributed by atoms with E-state index in [1.54, 1.807) is 18.3 Å². The Bertz CT molecular complexity index is 641. The van der Waals surface area contributed by atoms with Gasteiger partial charge in [-0.1, -0.05) is 11.6 Å². The third kappa shape index (κ3) is 2.60. The molecule has 20 heavy (non-hydrogen) atoms. The average molecular weight is 292 g/mol. The van der Waals surface area contributed by atoms with Gasteiger partial charge in [0.1, 0.15) is 6.04 Å². The van der Waals surface area contributed by atoms with Gasteiger partial charge in [0.2, 0.25) is 5.91 Å². The standard InChI is InChI=1S/C14H14ClN3O2/c15-10-3-4-11(9-2-1-5-17-13(9)10)18-14(19)12-8-20-7-6-16-12/h1-5,12,16H,6-8H2,(H,18,19). The summed E-state index contributed by atoms with van der Waals surface area (Å²) in [5.74, 6) is -0.114. The minimum atomic E-state index is -0.328. The number of ether oxygens (including phenoxy) is 1. The number of anilines is 1. The summed E-state index contributed by atoms with van der Waals surface area (Å²) < 4.78 is 5.29. The number of halogens is 1. The molecule has 5 nitrogen and oxygen atoms in total. The van der Waals surface area contributed by atoms with Gasteiger partial charge < -0.3 is 15.4 Å². The molecule has 2 heterocycles. The molecule has 3 rings (SSSR count). The van der Waals surface area contributed by atoms with Gasteiger partial charge in [-0.15, -0.1) is 0 Å². The summed E-state index contributed by atoms with van der Waals surface area (Å²) >= 11 is 6.11. The number of benzene rings is 1. The zero-order valence-corrected chi connectivity index (χ0v) is 11.5. The summed E-state index contributed by atoms with van der Waals surface area (Å²) in [4.78, 5) is 16.4. The van der Waals surface area contributed by atoms with Crippen LogP contribution in [-0.4, -0.2) is 36.7 Å². The Morgan fingerprint density at radius 2 is 2.35 bits per heavy atom. The van der Waals surface area contributed by atoms with Crippen molar-refractivity contribution in [1.82, 2.24) is 10.3 Å². The van der Waals surface area contributed by atoms with Gasteiger partial charge in [0.15, 0.2) is 0 Å². The molecule has 1 atom stereocenters. The Morgan fingerprint density at radius 1 is 1.45 bits per heavy atom. The summed E-state index contributed by atoms with van der Waals surface area (Å²) in [6.45, 7) is 1.70. The fraction of sp³-hybridized carbons (Fsp3) is 0.286. The number of nitrogens with zero attached hydrogens (tertiary/aromatic N) is 1. The van der Waals surface area contributed by atoms with Crippen LogP contribution in [0.5, 0.6) is 0 Å². The van der Waals surface area contributed by atoms with E-state index in [2.05, 4.69) is 15.6 Å². The van der Waals surface area contributed by atoms with Crippen molar-refractivity contribution in [2.75, 3.05) is 25.1 Å². The van der Waals surface area contributed by atoms with Crippen LogP contribution in [0.3, 0.4) is 0 Å². The van der Waals surface area contributed by atoms with Crippen LogP contribution >= 0.6 is 11.6 Å². The van der Waals surface area contributed by atoms with E-state index in [0.29, 0.717) is 36.0 Å². The quantitative estimate of drug-likeness (QED) is 0.886. The highest BCUT2D eigenvalue weighted by molar-refractivity contribution is 6.35. The van der Waals surface area contributed by atoms with Crippen LogP contribution < -0.4 is 10.6 Å². The van der Waals surface area contributed by atoms with E-state index >= 15 is 0 Å². The Labute approximate surface area is 121 Å². The summed E-state index contributed by atoms with van der Waals surface area (Å²) in [5.41, 5.74) is 1.38. The molecule has 1 fully saturated rings. The molecule has 0 bridgehead atoms. The number of fused-ring (bicyclic) bond motifs is 1. The van der Waals surface area contributed by atoms with E-state index in [9.17, 15) is 4.79 Å². The highest BCUT2D eigenvalue weighted by Crippen LogP contribution is 2.28. The zero-order chi connectivity index (χ0) is 13.9. The fourth-order valence-corrected chi connectivity index (χ4v) is 2.41. The van der Waals surface area contributed by atoms with E-state index in [0.717, 1.165) is 5.39 Å². The van der Waals surface area contributed by atoms with E-state index in [1.807, 2.05) is 12.1 Å². The van der Waals surface area contributed by atoms with Gasteiger partial charge in [-0.25, -0.2) is 0 Å². The van der Waals surface area contributed by atoms with Gasteiger partial charge in [0.05, 0.1) is 29.4 Å². The molecule has 1 aliphatic rings. The lowest BCUT2D eigenvalue weighted by molar-refractivity contribution is -0.120. The van der Waals surface area contributed by atoms with Gasteiger partial charge in [0, 0.05) is 18.1 Å². The molecule has 1 unspecified atom stereocenters. The lowest BCUT2D eigenvalue weighted by Crippen LogP contribution is -2.48. The second kappa shape index (κ2) is 5.75. The van der Waals surface area contributed by atoms with Crippen molar-refractivity contribution in [3.8, 4) is 0 Å². The van der Waals surface area contributed by atoms with Crippen LogP contribution in [0.2, 0.25) is 5.02 Å². The fourth-order valence-electron chi connectivity index (χ4n) is 2.20. The molecular formula is C14H14ClN3O2. The first-order chi connectivity index (χ1) is 9.75. The smallest absolute Gasteiger partial charge is 0.243 e. The number of carbonyl (C=O) groups is 1. The second-order valence-corrected chi connectivity index (χ2v) is 4.97. The van der Waals surface area contributed by atoms with E-state index in [1.165, 1.54) is 0 Å². The Hall–Kier alpha value is -1.69. The maximum Gasteiger partial charge on any atom is 0.243 e. The Balaban J connectivity index is 1.87. The third-order valence-electron chi connectivity index (χ3n) is 3.22. The number of hydrogen-bond donors (Lipinski definition) is 2. The van der Waals surface area contributed by atoms with Crippen molar-refractivity contribution >= 4 is 34.1 Å². The molecule has 0 spiro atoms. The largest absolute Gasteiger partial charge is 0.378 e. The molecule has 1 aliphatic heterocycles. The molecule has 0 aliphatic carbocycles. The van der Waals surface area contributed by atoms with E-state index in [-0.39, 0.29) is 11.9 Å². The molecule has 0 saturated carbocycles. The molecule has 1 aromatic carbocycles. The van der Waals surface area contributed by atoms with Crippen LogP contribution in [0.15, 0.2) is 30.5 Å². The van der Waals surface area contributed by atoms with Crippen LogP contribution in [0.4, 0.5) is 5.69 Å². The highest BCUT2D eigenvalue weighted by Gasteiger charge is 2.21. The number of rotatable bonds is 2. The summed E-state index contributed by atoms with van der Waals surface area (Å²) in [6.07, 6.45) is 1.68. The van der Waals surface area contributed by atoms with Gasteiger partial charge in [-0.3, -0.25) is 9.78 Å². The van der Waals surface area contributed by atoms with Gasteiger partial charge in [-0.05, 0) is 24.3 Å².